The standard InChI is InChI=1S/C15H18N4O2/c1-10-16-14(21-17-10)12-8-19(9-12)15(20)11-5-4-6-13(7-11)18(2)3/h4-7,12H,8-9H2,1-3H3. The average Bonchev–Trinajstić information content (AvgIpc) is 2.83. The van der Waals surface area contributed by atoms with E-state index in [1.807, 2.05) is 43.3 Å². The van der Waals surface area contributed by atoms with Crippen molar-refractivity contribution in [2.45, 2.75) is 12.8 Å². The van der Waals surface area contributed by atoms with Crippen molar-refractivity contribution >= 4 is 11.6 Å². The van der Waals surface area contributed by atoms with E-state index in [2.05, 4.69) is 10.1 Å². The largest absolute Gasteiger partial charge is 0.378 e. The van der Waals surface area contributed by atoms with Gasteiger partial charge in [0.05, 0.1) is 5.92 Å². The molecule has 0 unspecified atom stereocenters. The molecule has 110 valence electrons. The zero-order valence-electron chi connectivity index (χ0n) is 12.4. The third-order valence-corrected chi connectivity index (χ3v) is 3.67. The predicted molar refractivity (Wildman–Crippen MR) is 78.4 cm³/mol. The number of rotatable bonds is 3. The molecule has 3 rings (SSSR count). The Bertz CT molecular complexity index is 659. The van der Waals surface area contributed by atoms with Crippen LogP contribution in [0.3, 0.4) is 0 Å². The van der Waals surface area contributed by atoms with Crippen molar-refractivity contribution < 1.29 is 9.32 Å². The van der Waals surface area contributed by atoms with Crippen molar-refractivity contribution in [3.8, 4) is 0 Å². The maximum absolute atomic E-state index is 12.4. The number of nitrogens with zero attached hydrogens (tertiary/aromatic N) is 4. The van der Waals surface area contributed by atoms with Crippen LogP contribution in [-0.2, 0) is 0 Å². The van der Waals surface area contributed by atoms with E-state index in [4.69, 9.17) is 4.52 Å². The summed E-state index contributed by atoms with van der Waals surface area (Å²) >= 11 is 0. The van der Waals surface area contributed by atoms with E-state index >= 15 is 0 Å². The zero-order chi connectivity index (χ0) is 15.0. The normalized spacial score (nSPS) is 14.9. The van der Waals surface area contributed by atoms with Crippen LogP contribution in [0.1, 0.15) is 28.0 Å². The summed E-state index contributed by atoms with van der Waals surface area (Å²) in [5, 5.41) is 3.78. The van der Waals surface area contributed by atoms with Crippen LogP contribution in [0.4, 0.5) is 5.69 Å². The molecule has 2 aromatic rings. The Hall–Kier alpha value is -2.37. The van der Waals surface area contributed by atoms with E-state index in [0.29, 0.717) is 30.4 Å². The van der Waals surface area contributed by atoms with Gasteiger partial charge >= 0.3 is 0 Å². The number of hydrogen-bond donors (Lipinski definition) is 0. The molecular weight excluding hydrogens is 268 g/mol. The van der Waals surface area contributed by atoms with Gasteiger partial charge in [0.15, 0.2) is 5.82 Å². The Morgan fingerprint density at radius 2 is 2.14 bits per heavy atom. The highest BCUT2D eigenvalue weighted by Gasteiger charge is 2.35. The molecule has 1 aromatic carbocycles. The lowest BCUT2D eigenvalue weighted by molar-refractivity contribution is 0.0569. The predicted octanol–water partition coefficient (Wildman–Crippen LogP) is 1.68. The van der Waals surface area contributed by atoms with Crippen LogP contribution in [0, 0.1) is 6.92 Å². The molecule has 0 bridgehead atoms. The number of amides is 1. The van der Waals surface area contributed by atoms with Crippen molar-refractivity contribution in [2.75, 3.05) is 32.1 Å². The first-order valence-corrected chi connectivity index (χ1v) is 6.91. The van der Waals surface area contributed by atoms with Crippen molar-refractivity contribution in [2.24, 2.45) is 0 Å². The quantitative estimate of drug-likeness (QED) is 0.859. The first-order chi connectivity index (χ1) is 10.0. The minimum atomic E-state index is 0.0474. The van der Waals surface area contributed by atoms with E-state index in [0.717, 1.165) is 5.69 Å². The summed E-state index contributed by atoms with van der Waals surface area (Å²) in [5.74, 6) is 1.46. The van der Waals surface area contributed by atoms with Gasteiger partial charge in [0.1, 0.15) is 0 Å². The fourth-order valence-electron chi connectivity index (χ4n) is 2.38. The molecule has 0 radical (unpaired) electrons. The molecule has 0 saturated carbocycles. The van der Waals surface area contributed by atoms with Gasteiger partial charge in [0.2, 0.25) is 5.89 Å². The second-order valence-corrected chi connectivity index (χ2v) is 5.53. The molecule has 6 heteroatoms. The highest BCUT2D eigenvalue weighted by atomic mass is 16.5. The van der Waals surface area contributed by atoms with Gasteiger partial charge in [-0.2, -0.15) is 4.98 Å². The van der Waals surface area contributed by atoms with E-state index in [-0.39, 0.29) is 11.8 Å². The molecule has 0 N–H and O–H groups in total. The summed E-state index contributed by atoms with van der Waals surface area (Å²) in [6, 6.07) is 7.64. The number of benzene rings is 1. The Balaban J connectivity index is 1.66. The second-order valence-electron chi connectivity index (χ2n) is 5.53. The molecule has 21 heavy (non-hydrogen) atoms. The summed E-state index contributed by atoms with van der Waals surface area (Å²) < 4.78 is 5.15. The monoisotopic (exact) mass is 286 g/mol. The minimum absolute atomic E-state index is 0.0474. The maximum atomic E-state index is 12.4. The van der Waals surface area contributed by atoms with Crippen LogP contribution in [-0.4, -0.2) is 48.1 Å². The molecule has 1 fully saturated rings. The number of aromatic nitrogens is 2. The van der Waals surface area contributed by atoms with E-state index < -0.39 is 0 Å². The molecule has 0 atom stereocenters. The topological polar surface area (TPSA) is 62.5 Å². The molecule has 0 spiro atoms. The average molecular weight is 286 g/mol. The summed E-state index contributed by atoms with van der Waals surface area (Å²) in [6.07, 6.45) is 0. The second kappa shape index (κ2) is 5.20. The first kappa shape index (κ1) is 13.6. The Morgan fingerprint density at radius 1 is 1.38 bits per heavy atom. The number of carbonyl (C=O) groups excluding carboxylic acids is 1. The van der Waals surface area contributed by atoms with Gasteiger partial charge in [-0.3, -0.25) is 4.79 Å². The third kappa shape index (κ3) is 2.61. The van der Waals surface area contributed by atoms with Gasteiger partial charge in [0.25, 0.3) is 5.91 Å². The number of aryl methyl sites for hydroxylation is 1. The molecule has 0 aliphatic carbocycles. The Morgan fingerprint density at radius 3 is 2.76 bits per heavy atom. The number of hydrogen-bond acceptors (Lipinski definition) is 5. The zero-order valence-corrected chi connectivity index (χ0v) is 12.4. The van der Waals surface area contributed by atoms with Crippen molar-refractivity contribution in [1.82, 2.24) is 15.0 Å². The fraction of sp³-hybridized carbons (Fsp3) is 0.400. The van der Waals surface area contributed by atoms with Crippen LogP contribution in [0.2, 0.25) is 0 Å². The number of anilines is 1. The smallest absolute Gasteiger partial charge is 0.253 e. The van der Waals surface area contributed by atoms with E-state index in [9.17, 15) is 4.79 Å². The van der Waals surface area contributed by atoms with Crippen molar-refractivity contribution in [1.29, 1.82) is 0 Å². The van der Waals surface area contributed by atoms with Crippen LogP contribution in [0.5, 0.6) is 0 Å². The fourth-order valence-corrected chi connectivity index (χ4v) is 2.38. The van der Waals surface area contributed by atoms with Crippen molar-refractivity contribution in [3.05, 3.63) is 41.5 Å². The SMILES string of the molecule is Cc1noc(C2CN(C(=O)c3cccc(N(C)C)c3)C2)n1. The summed E-state index contributed by atoms with van der Waals surface area (Å²) in [6.45, 7) is 3.06. The molecule has 1 saturated heterocycles. The third-order valence-electron chi connectivity index (χ3n) is 3.67. The summed E-state index contributed by atoms with van der Waals surface area (Å²) in [7, 11) is 3.92. The minimum Gasteiger partial charge on any atom is -0.378 e. The van der Waals surface area contributed by atoms with E-state index in [1.165, 1.54) is 0 Å². The Kier molecular flexibility index (Phi) is 3.37. The van der Waals surface area contributed by atoms with Gasteiger partial charge < -0.3 is 14.3 Å². The lowest BCUT2D eigenvalue weighted by Gasteiger charge is -2.37. The van der Waals surface area contributed by atoms with Gasteiger partial charge in [-0.25, -0.2) is 0 Å². The molecule has 1 aromatic heterocycles. The van der Waals surface area contributed by atoms with Gasteiger partial charge in [0, 0.05) is 38.4 Å². The molecule has 1 aliphatic heterocycles. The van der Waals surface area contributed by atoms with Gasteiger partial charge in [-0.15, -0.1) is 0 Å². The Labute approximate surface area is 123 Å². The molecule has 6 nitrogen and oxygen atoms in total. The van der Waals surface area contributed by atoms with E-state index in [1.54, 1.807) is 11.8 Å². The highest BCUT2D eigenvalue weighted by molar-refractivity contribution is 5.95. The molecular formula is C15H18N4O2. The van der Waals surface area contributed by atoms with Crippen molar-refractivity contribution in [3.63, 3.8) is 0 Å². The number of likely N-dealkylation sites (tertiary alicyclic amines) is 1. The molecule has 2 heterocycles. The number of carbonyl (C=O) groups is 1. The first-order valence-electron chi connectivity index (χ1n) is 6.91. The summed E-state index contributed by atoms with van der Waals surface area (Å²) in [4.78, 5) is 20.4. The highest BCUT2D eigenvalue weighted by Crippen LogP contribution is 2.27. The van der Waals surface area contributed by atoms with Crippen LogP contribution in [0.25, 0.3) is 0 Å². The van der Waals surface area contributed by atoms with Gasteiger partial charge in [-0.1, -0.05) is 11.2 Å². The van der Waals surface area contributed by atoms with Crippen LogP contribution in [0.15, 0.2) is 28.8 Å². The van der Waals surface area contributed by atoms with Gasteiger partial charge in [-0.05, 0) is 25.1 Å². The molecule has 1 amide bonds. The van der Waals surface area contributed by atoms with Crippen LogP contribution < -0.4 is 4.90 Å². The van der Waals surface area contributed by atoms with Crippen LogP contribution >= 0.6 is 0 Å². The summed E-state index contributed by atoms with van der Waals surface area (Å²) in [5.41, 5.74) is 1.73. The lowest BCUT2D eigenvalue weighted by atomic mass is 9.98. The lowest BCUT2D eigenvalue weighted by Crippen LogP contribution is -2.48. The maximum Gasteiger partial charge on any atom is 0.253 e. The molecule has 1 aliphatic rings.